The number of hydrogen-bond donors (Lipinski definition) is 2. The molecule has 5 heteroatoms. The molecule has 0 aliphatic carbocycles. The van der Waals surface area contributed by atoms with Crippen LogP contribution in [0.1, 0.15) is 17.0 Å². The van der Waals surface area contributed by atoms with Crippen molar-refractivity contribution in [3.05, 3.63) is 46.0 Å². The van der Waals surface area contributed by atoms with Gasteiger partial charge in [-0.1, -0.05) is 15.9 Å². The number of benzene rings is 1. The summed E-state index contributed by atoms with van der Waals surface area (Å²) in [4.78, 5) is 19.1. The third kappa shape index (κ3) is 1.76. The van der Waals surface area contributed by atoms with E-state index in [-0.39, 0.29) is 5.91 Å². The van der Waals surface area contributed by atoms with E-state index in [1.165, 1.54) is 0 Å². The predicted octanol–water partition coefficient (Wildman–Crippen LogP) is 2.97. The van der Waals surface area contributed by atoms with Crippen LogP contribution in [0.25, 0.3) is 11.6 Å². The van der Waals surface area contributed by atoms with E-state index in [9.17, 15) is 4.79 Å². The number of amides is 1. The summed E-state index contributed by atoms with van der Waals surface area (Å²) in [7, 11) is 0. The monoisotopic (exact) mass is 303 g/mol. The van der Waals surface area contributed by atoms with Gasteiger partial charge in [0.2, 0.25) is 0 Å². The highest BCUT2D eigenvalue weighted by Gasteiger charge is 2.24. The van der Waals surface area contributed by atoms with E-state index in [1.54, 1.807) is 12.4 Å². The van der Waals surface area contributed by atoms with Crippen molar-refractivity contribution in [1.29, 1.82) is 0 Å². The van der Waals surface area contributed by atoms with Crippen molar-refractivity contribution >= 4 is 39.2 Å². The first-order chi connectivity index (χ1) is 8.65. The summed E-state index contributed by atoms with van der Waals surface area (Å²) in [6.45, 7) is 1.92. The Balaban J connectivity index is 2.14. The number of hydrogen-bond acceptors (Lipinski definition) is 2. The van der Waals surface area contributed by atoms with Gasteiger partial charge in [-0.15, -0.1) is 0 Å². The fourth-order valence-corrected chi connectivity index (χ4v) is 2.32. The molecular weight excluding hydrogens is 294 g/mol. The first-order valence-electron chi connectivity index (χ1n) is 5.48. The van der Waals surface area contributed by atoms with Gasteiger partial charge in [0.1, 0.15) is 0 Å². The predicted molar refractivity (Wildman–Crippen MR) is 74.0 cm³/mol. The van der Waals surface area contributed by atoms with E-state index in [2.05, 4.69) is 31.2 Å². The summed E-state index contributed by atoms with van der Waals surface area (Å²) < 4.78 is 0.947. The number of nitrogens with one attached hydrogen (secondary N) is 2. The van der Waals surface area contributed by atoms with Gasteiger partial charge in [-0.25, -0.2) is 4.98 Å². The second-order valence-corrected chi connectivity index (χ2v) is 5.03. The van der Waals surface area contributed by atoms with Crippen LogP contribution in [0.5, 0.6) is 0 Å². The summed E-state index contributed by atoms with van der Waals surface area (Å²) in [6.07, 6.45) is 3.43. The number of H-pyrrole nitrogens is 1. The number of carbonyl (C=O) groups is 1. The Hall–Kier alpha value is -1.88. The zero-order chi connectivity index (χ0) is 12.7. The minimum Gasteiger partial charge on any atom is -0.348 e. The number of imidazole rings is 1. The number of aromatic amines is 1. The molecule has 1 aromatic heterocycles. The second kappa shape index (κ2) is 4.10. The van der Waals surface area contributed by atoms with E-state index >= 15 is 0 Å². The average molecular weight is 304 g/mol. The van der Waals surface area contributed by atoms with Gasteiger partial charge in [-0.3, -0.25) is 4.79 Å². The number of carbonyl (C=O) groups excluding carboxylic acids is 1. The second-order valence-electron chi connectivity index (χ2n) is 4.11. The van der Waals surface area contributed by atoms with Crippen molar-refractivity contribution in [2.75, 3.05) is 5.32 Å². The van der Waals surface area contributed by atoms with Crippen LogP contribution in [-0.4, -0.2) is 15.9 Å². The molecule has 2 heterocycles. The lowest BCUT2D eigenvalue weighted by Gasteiger charge is -1.98. The van der Waals surface area contributed by atoms with Crippen LogP contribution >= 0.6 is 15.9 Å². The maximum absolute atomic E-state index is 11.9. The van der Waals surface area contributed by atoms with Gasteiger partial charge in [-0.05, 0) is 31.2 Å². The molecule has 1 aromatic carbocycles. The Kier molecular flexibility index (Phi) is 2.56. The minimum atomic E-state index is -0.0921. The summed E-state index contributed by atoms with van der Waals surface area (Å²) in [5.41, 5.74) is 4.10. The highest BCUT2D eigenvalue weighted by molar-refractivity contribution is 9.10. The first kappa shape index (κ1) is 11.2. The summed E-state index contributed by atoms with van der Waals surface area (Å²) in [5.74, 6) is -0.0921. The van der Waals surface area contributed by atoms with Gasteiger partial charge in [0.25, 0.3) is 5.91 Å². The largest absolute Gasteiger partial charge is 0.348 e. The van der Waals surface area contributed by atoms with E-state index in [0.29, 0.717) is 5.57 Å². The molecule has 0 spiro atoms. The number of nitrogens with zero attached hydrogens (tertiary/aromatic N) is 1. The quantitative estimate of drug-likeness (QED) is 0.796. The normalized spacial score (nSPS) is 15.9. The zero-order valence-electron chi connectivity index (χ0n) is 9.62. The number of aryl methyl sites for hydroxylation is 1. The van der Waals surface area contributed by atoms with Crippen LogP contribution < -0.4 is 5.32 Å². The fourth-order valence-electron chi connectivity index (χ4n) is 1.96. The lowest BCUT2D eigenvalue weighted by atomic mass is 10.1. The van der Waals surface area contributed by atoms with Crippen molar-refractivity contribution in [3.8, 4) is 0 Å². The Labute approximate surface area is 112 Å². The van der Waals surface area contributed by atoms with Gasteiger partial charge < -0.3 is 10.3 Å². The van der Waals surface area contributed by atoms with Gasteiger partial charge >= 0.3 is 0 Å². The van der Waals surface area contributed by atoms with Crippen LogP contribution in [0.15, 0.2) is 29.0 Å². The molecule has 0 bridgehead atoms. The SMILES string of the molecule is Cc1[nH]cnc1/C=C1\C(=O)Nc2ccc(Br)cc21. The highest BCUT2D eigenvalue weighted by atomic mass is 79.9. The molecular formula is C13H10BrN3O. The van der Waals surface area contributed by atoms with Crippen molar-refractivity contribution in [2.24, 2.45) is 0 Å². The molecule has 1 aliphatic rings. The molecule has 0 fully saturated rings. The standard InChI is InChI=1S/C13H10BrN3O/c1-7-12(16-6-15-7)5-10-9-4-8(14)2-3-11(9)17-13(10)18/h2-6H,1H3,(H,15,16)(H,17,18)/b10-5-. The van der Waals surface area contributed by atoms with E-state index in [0.717, 1.165) is 27.1 Å². The summed E-state index contributed by atoms with van der Waals surface area (Å²) >= 11 is 3.42. The van der Waals surface area contributed by atoms with Gasteiger partial charge in [-0.2, -0.15) is 0 Å². The molecule has 4 nitrogen and oxygen atoms in total. The Morgan fingerprint density at radius 1 is 1.39 bits per heavy atom. The number of anilines is 1. The van der Waals surface area contributed by atoms with Crippen molar-refractivity contribution < 1.29 is 4.79 Å². The molecule has 2 N–H and O–H groups in total. The molecule has 90 valence electrons. The Morgan fingerprint density at radius 3 is 2.94 bits per heavy atom. The molecule has 0 saturated heterocycles. The lowest BCUT2D eigenvalue weighted by Crippen LogP contribution is -2.03. The Morgan fingerprint density at radius 2 is 2.22 bits per heavy atom. The van der Waals surface area contributed by atoms with Gasteiger partial charge in [0.15, 0.2) is 0 Å². The van der Waals surface area contributed by atoms with E-state index < -0.39 is 0 Å². The summed E-state index contributed by atoms with van der Waals surface area (Å²) in [5, 5.41) is 2.84. The molecule has 1 amide bonds. The number of rotatable bonds is 1. The lowest BCUT2D eigenvalue weighted by molar-refractivity contribution is -0.110. The topological polar surface area (TPSA) is 57.8 Å². The zero-order valence-corrected chi connectivity index (χ0v) is 11.2. The maximum atomic E-state index is 11.9. The third-order valence-corrected chi connectivity index (χ3v) is 3.41. The minimum absolute atomic E-state index is 0.0921. The first-order valence-corrected chi connectivity index (χ1v) is 6.27. The van der Waals surface area contributed by atoms with E-state index in [4.69, 9.17) is 0 Å². The number of fused-ring (bicyclic) bond motifs is 1. The molecule has 0 unspecified atom stereocenters. The van der Waals surface area contributed by atoms with Crippen LogP contribution in [0, 0.1) is 6.92 Å². The molecule has 18 heavy (non-hydrogen) atoms. The molecule has 3 rings (SSSR count). The van der Waals surface area contributed by atoms with E-state index in [1.807, 2.05) is 25.1 Å². The van der Waals surface area contributed by atoms with Gasteiger partial charge in [0, 0.05) is 21.4 Å². The van der Waals surface area contributed by atoms with Crippen molar-refractivity contribution in [1.82, 2.24) is 9.97 Å². The highest BCUT2D eigenvalue weighted by Crippen LogP contribution is 2.34. The third-order valence-electron chi connectivity index (χ3n) is 2.91. The average Bonchev–Trinajstić information content (AvgIpc) is 2.86. The van der Waals surface area contributed by atoms with Gasteiger partial charge in [0.05, 0.1) is 17.6 Å². The molecule has 1 aliphatic heterocycles. The number of aromatic nitrogens is 2. The summed E-state index contributed by atoms with van der Waals surface area (Å²) in [6, 6.07) is 5.72. The van der Waals surface area contributed by atoms with Crippen LogP contribution in [0.2, 0.25) is 0 Å². The van der Waals surface area contributed by atoms with Crippen molar-refractivity contribution in [2.45, 2.75) is 6.92 Å². The van der Waals surface area contributed by atoms with Crippen LogP contribution in [-0.2, 0) is 4.79 Å². The number of halogens is 1. The molecule has 0 radical (unpaired) electrons. The molecule has 2 aromatic rings. The van der Waals surface area contributed by atoms with Crippen molar-refractivity contribution in [3.63, 3.8) is 0 Å². The molecule has 0 saturated carbocycles. The maximum Gasteiger partial charge on any atom is 0.256 e. The smallest absolute Gasteiger partial charge is 0.256 e. The van der Waals surface area contributed by atoms with Crippen LogP contribution in [0.3, 0.4) is 0 Å². The Bertz CT molecular complexity index is 673. The fraction of sp³-hybridized carbons (Fsp3) is 0.0769. The van der Waals surface area contributed by atoms with Crippen LogP contribution in [0.4, 0.5) is 5.69 Å². The molecule has 0 atom stereocenters.